The van der Waals surface area contributed by atoms with Gasteiger partial charge in [0.2, 0.25) is 0 Å². The van der Waals surface area contributed by atoms with Crippen LogP contribution in [0, 0.1) is 6.92 Å². The van der Waals surface area contributed by atoms with Crippen molar-refractivity contribution in [3.05, 3.63) is 27.7 Å². The fourth-order valence-electron chi connectivity index (χ4n) is 1.95. The van der Waals surface area contributed by atoms with Crippen LogP contribution in [0.4, 0.5) is 0 Å². The third kappa shape index (κ3) is 1.79. The van der Waals surface area contributed by atoms with E-state index in [0.29, 0.717) is 0 Å². The minimum atomic E-state index is 0.111. The standard InChI is InChI=1S/C12H15BrO2/c1-8-4-9(12(2)6-15-7-12)11(14-3)10(13)5-8/h4-5H,6-7H2,1-3H3. The Hall–Kier alpha value is -0.540. The number of halogens is 1. The first-order valence-electron chi connectivity index (χ1n) is 4.99. The van der Waals surface area contributed by atoms with Gasteiger partial charge in [0.05, 0.1) is 24.8 Å². The van der Waals surface area contributed by atoms with E-state index in [1.54, 1.807) is 7.11 Å². The second-order valence-electron chi connectivity index (χ2n) is 4.38. The Balaban J connectivity index is 2.53. The fourth-order valence-corrected chi connectivity index (χ4v) is 2.69. The minimum absolute atomic E-state index is 0.111. The lowest BCUT2D eigenvalue weighted by Gasteiger charge is -2.39. The summed E-state index contributed by atoms with van der Waals surface area (Å²) in [6, 6.07) is 4.26. The van der Waals surface area contributed by atoms with Crippen LogP contribution in [-0.4, -0.2) is 20.3 Å². The van der Waals surface area contributed by atoms with E-state index in [4.69, 9.17) is 9.47 Å². The number of benzene rings is 1. The van der Waals surface area contributed by atoms with Gasteiger partial charge in [-0.15, -0.1) is 0 Å². The molecule has 1 aliphatic heterocycles. The molecule has 0 spiro atoms. The third-order valence-electron chi connectivity index (χ3n) is 2.88. The monoisotopic (exact) mass is 270 g/mol. The van der Waals surface area contributed by atoms with Crippen molar-refractivity contribution in [1.82, 2.24) is 0 Å². The second-order valence-corrected chi connectivity index (χ2v) is 5.24. The molecule has 0 atom stereocenters. The first-order chi connectivity index (χ1) is 7.07. The van der Waals surface area contributed by atoms with Gasteiger partial charge in [0.25, 0.3) is 0 Å². The molecule has 2 rings (SSSR count). The van der Waals surface area contributed by atoms with E-state index in [0.717, 1.165) is 23.4 Å². The normalized spacial score (nSPS) is 18.4. The molecule has 0 radical (unpaired) electrons. The summed E-state index contributed by atoms with van der Waals surface area (Å²) < 4.78 is 11.8. The summed E-state index contributed by atoms with van der Waals surface area (Å²) in [4.78, 5) is 0. The van der Waals surface area contributed by atoms with E-state index in [1.807, 2.05) is 0 Å². The lowest BCUT2D eigenvalue weighted by atomic mass is 9.79. The summed E-state index contributed by atoms with van der Waals surface area (Å²) in [7, 11) is 1.71. The van der Waals surface area contributed by atoms with Crippen LogP contribution >= 0.6 is 15.9 Å². The Morgan fingerprint density at radius 2 is 2.07 bits per heavy atom. The molecule has 1 aromatic rings. The highest BCUT2D eigenvalue weighted by molar-refractivity contribution is 9.10. The Morgan fingerprint density at radius 1 is 1.40 bits per heavy atom. The maximum atomic E-state index is 5.45. The summed E-state index contributed by atoms with van der Waals surface area (Å²) in [6.07, 6.45) is 0. The average Bonchev–Trinajstić information content (AvgIpc) is 2.13. The summed E-state index contributed by atoms with van der Waals surface area (Å²) in [5.74, 6) is 0.936. The molecular formula is C12H15BrO2. The molecule has 82 valence electrons. The fraction of sp³-hybridized carbons (Fsp3) is 0.500. The highest BCUT2D eigenvalue weighted by atomic mass is 79.9. The Morgan fingerprint density at radius 3 is 2.53 bits per heavy atom. The molecule has 0 bridgehead atoms. The lowest BCUT2D eigenvalue weighted by Crippen LogP contribution is -2.44. The van der Waals surface area contributed by atoms with E-state index in [1.165, 1.54) is 11.1 Å². The molecule has 0 amide bonds. The minimum Gasteiger partial charge on any atom is -0.495 e. The van der Waals surface area contributed by atoms with E-state index in [2.05, 4.69) is 41.9 Å². The van der Waals surface area contributed by atoms with Crippen LogP contribution in [-0.2, 0) is 10.2 Å². The van der Waals surface area contributed by atoms with Crippen LogP contribution in [0.15, 0.2) is 16.6 Å². The van der Waals surface area contributed by atoms with Gasteiger partial charge in [0, 0.05) is 11.0 Å². The van der Waals surface area contributed by atoms with Crippen molar-refractivity contribution in [2.75, 3.05) is 20.3 Å². The average molecular weight is 271 g/mol. The highest BCUT2D eigenvalue weighted by Crippen LogP contribution is 2.41. The first kappa shape index (κ1) is 11.0. The molecular weight excluding hydrogens is 256 g/mol. The van der Waals surface area contributed by atoms with E-state index < -0.39 is 0 Å². The number of methoxy groups -OCH3 is 1. The van der Waals surface area contributed by atoms with Crippen molar-refractivity contribution < 1.29 is 9.47 Å². The molecule has 1 saturated heterocycles. The molecule has 0 aromatic heterocycles. The Labute approximate surface area is 98.7 Å². The number of aryl methyl sites for hydroxylation is 1. The number of rotatable bonds is 2. The summed E-state index contributed by atoms with van der Waals surface area (Å²) >= 11 is 3.54. The quantitative estimate of drug-likeness (QED) is 0.823. The SMILES string of the molecule is COc1c(Br)cc(C)cc1C1(C)COC1. The zero-order valence-electron chi connectivity index (χ0n) is 9.26. The van der Waals surface area contributed by atoms with Crippen molar-refractivity contribution >= 4 is 15.9 Å². The molecule has 2 nitrogen and oxygen atoms in total. The maximum Gasteiger partial charge on any atom is 0.136 e. The van der Waals surface area contributed by atoms with Crippen LogP contribution in [0.3, 0.4) is 0 Å². The Bertz CT molecular complexity index is 383. The first-order valence-corrected chi connectivity index (χ1v) is 5.78. The molecule has 0 saturated carbocycles. The van der Waals surface area contributed by atoms with Crippen LogP contribution in [0.25, 0.3) is 0 Å². The summed E-state index contributed by atoms with van der Waals surface area (Å²) in [6.45, 7) is 5.86. The van der Waals surface area contributed by atoms with Gasteiger partial charge in [-0.25, -0.2) is 0 Å². The highest BCUT2D eigenvalue weighted by Gasteiger charge is 2.38. The molecule has 1 fully saturated rings. The zero-order chi connectivity index (χ0) is 11.1. The molecule has 3 heteroatoms. The van der Waals surface area contributed by atoms with Crippen molar-refractivity contribution in [1.29, 1.82) is 0 Å². The van der Waals surface area contributed by atoms with Crippen LogP contribution in [0.2, 0.25) is 0 Å². The van der Waals surface area contributed by atoms with Gasteiger partial charge in [-0.1, -0.05) is 13.0 Å². The van der Waals surface area contributed by atoms with Gasteiger partial charge >= 0.3 is 0 Å². The number of hydrogen-bond acceptors (Lipinski definition) is 2. The van der Waals surface area contributed by atoms with Gasteiger partial charge in [0.1, 0.15) is 5.75 Å². The molecule has 0 aliphatic carbocycles. The molecule has 1 aromatic carbocycles. The Kier molecular flexibility index (Phi) is 2.77. The summed E-state index contributed by atoms with van der Waals surface area (Å²) in [5, 5.41) is 0. The van der Waals surface area contributed by atoms with Crippen molar-refractivity contribution in [2.45, 2.75) is 19.3 Å². The third-order valence-corrected chi connectivity index (χ3v) is 3.47. The van der Waals surface area contributed by atoms with E-state index in [9.17, 15) is 0 Å². The second kappa shape index (κ2) is 3.80. The smallest absolute Gasteiger partial charge is 0.136 e. The van der Waals surface area contributed by atoms with Crippen LogP contribution in [0.5, 0.6) is 5.75 Å². The topological polar surface area (TPSA) is 18.5 Å². The van der Waals surface area contributed by atoms with E-state index >= 15 is 0 Å². The lowest BCUT2D eigenvalue weighted by molar-refractivity contribution is -0.0509. The van der Waals surface area contributed by atoms with Gasteiger partial charge in [-0.05, 0) is 34.5 Å². The van der Waals surface area contributed by atoms with Gasteiger partial charge in [0.15, 0.2) is 0 Å². The molecule has 1 aliphatic rings. The zero-order valence-corrected chi connectivity index (χ0v) is 10.8. The van der Waals surface area contributed by atoms with Gasteiger partial charge in [-0.3, -0.25) is 0 Å². The predicted molar refractivity (Wildman–Crippen MR) is 63.6 cm³/mol. The molecule has 0 unspecified atom stereocenters. The van der Waals surface area contributed by atoms with Crippen molar-refractivity contribution in [3.8, 4) is 5.75 Å². The largest absolute Gasteiger partial charge is 0.495 e. The molecule has 1 heterocycles. The predicted octanol–water partition coefficient (Wildman–Crippen LogP) is 3.05. The van der Waals surface area contributed by atoms with Crippen LogP contribution in [0.1, 0.15) is 18.1 Å². The van der Waals surface area contributed by atoms with E-state index in [-0.39, 0.29) is 5.41 Å². The van der Waals surface area contributed by atoms with Gasteiger partial charge in [-0.2, -0.15) is 0 Å². The van der Waals surface area contributed by atoms with Crippen molar-refractivity contribution in [3.63, 3.8) is 0 Å². The van der Waals surface area contributed by atoms with Crippen molar-refractivity contribution in [2.24, 2.45) is 0 Å². The molecule has 0 N–H and O–H groups in total. The molecule has 15 heavy (non-hydrogen) atoms. The van der Waals surface area contributed by atoms with Gasteiger partial charge < -0.3 is 9.47 Å². The maximum absolute atomic E-state index is 5.45. The number of ether oxygens (including phenoxy) is 2. The van der Waals surface area contributed by atoms with Crippen LogP contribution < -0.4 is 4.74 Å². The summed E-state index contributed by atoms with van der Waals surface area (Å²) in [5.41, 5.74) is 2.59. The number of hydrogen-bond donors (Lipinski definition) is 0.